The minimum atomic E-state index is 0.794. The molecule has 3 nitrogen and oxygen atoms in total. The van der Waals surface area contributed by atoms with Gasteiger partial charge in [0.05, 0.1) is 7.11 Å². The van der Waals surface area contributed by atoms with Gasteiger partial charge < -0.3 is 4.74 Å². The van der Waals surface area contributed by atoms with Crippen molar-refractivity contribution >= 4 is 15.9 Å². The Morgan fingerprint density at radius 2 is 1.93 bits per heavy atom. The van der Waals surface area contributed by atoms with Gasteiger partial charge in [-0.3, -0.25) is 0 Å². The summed E-state index contributed by atoms with van der Waals surface area (Å²) in [6.07, 6.45) is 3.29. The zero-order valence-corrected chi connectivity index (χ0v) is 9.73. The van der Waals surface area contributed by atoms with Crippen molar-refractivity contribution in [3.05, 3.63) is 41.4 Å². The van der Waals surface area contributed by atoms with E-state index in [1.807, 2.05) is 24.3 Å². The summed E-state index contributed by atoms with van der Waals surface area (Å²) in [5.74, 6) is 0.840. The first-order valence-corrected chi connectivity index (χ1v) is 5.20. The molecule has 1 heterocycles. The number of hydrogen-bond donors (Lipinski definition) is 0. The topological polar surface area (TPSA) is 35.0 Å². The number of ether oxygens (including phenoxy) is 1. The van der Waals surface area contributed by atoms with Crippen LogP contribution >= 0.6 is 15.9 Å². The third-order valence-electron chi connectivity index (χ3n) is 2.06. The van der Waals surface area contributed by atoms with E-state index in [0.717, 1.165) is 21.5 Å². The van der Waals surface area contributed by atoms with E-state index in [4.69, 9.17) is 4.74 Å². The first kappa shape index (κ1) is 10.1. The summed E-state index contributed by atoms with van der Waals surface area (Å²) in [4.78, 5) is 8.06. The van der Waals surface area contributed by atoms with E-state index in [0.29, 0.717) is 0 Å². The lowest BCUT2D eigenvalue weighted by Crippen LogP contribution is -1.86. The van der Waals surface area contributed by atoms with Gasteiger partial charge in [0.2, 0.25) is 0 Å². The van der Waals surface area contributed by atoms with Crippen LogP contribution in [-0.4, -0.2) is 17.1 Å². The molecular weight excluding hydrogens is 256 g/mol. The molecule has 1 aromatic carbocycles. The Labute approximate surface area is 96.3 Å². The highest BCUT2D eigenvalue weighted by Gasteiger charge is 2.03. The zero-order valence-electron chi connectivity index (χ0n) is 8.14. The molecule has 0 saturated heterocycles. The number of hydrogen-bond acceptors (Lipinski definition) is 3. The maximum Gasteiger partial charge on any atom is 0.118 e. The Bertz CT molecular complexity index is 456. The number of methoxy groups -OCH3 is 1. The molecule has 0 aliphatic rings. The Hall–Kier alpha value is -1.42. The summed E-state index contributed by atoms with van der Waals surface area (Å²) >= 11 is 3.39. The molecule has 0 N–H and O–H groups in total. The van der Waals surface area contributed by atoms with Crippen molar-refractivity contribution in [1.82, 2.24) is 9.97 Å². The maximum atomic E-state index is 5.09. The third-order valence-corrected chi connectivity index (χ3v) is 2.70. The van der Waals surface area contributed by atoms with Gasteiger partial charge in [-0.15, -0.1) is 0 Å². The number of aromatic nitrogens is 2. The molecule has 76 valence electrons. The normalized spacial score (nSPS) is 10.0. The SMILES string of the molecule is COc1ccc(-c2cncnc2Br)cc1. The van der Waals surface area contributed by atoms with Crippen LogP contribution in [0.3, 0.4) is 0 Å². The second-order valence-electron chi connectivity index (χ2n) is 2.96. The smallest absolute Gasteiger partial charge is 0.118 e. The summed E-state index contributed by atoms with van der Waals surface area (Å²) in [7, 11) is 1.65. The van der Waals surface area contributed by atoms with Crippen LogP contribution in [0.2, 0.25) is 0 Å². The molecule has 1 aromatic heterocycles. The van der Waals surface area contributed by atoms with E-state index in [-0.39, 0.29) is 0 Å². The molecule has 0 radical (unpaired) electrons. The van der Waals surface area contributed by atoms with Crippen LogP contribution in [0.4, 0.5) is 0 Å². The van der Waals surface area contributed by atoms with Crippen LogP contribution in [0.5, 0.6) is 5.75 Å². The summed E-state index contributed by atoms with van der Waals surface area (Å²) < 4.78 is 5.89. The minimum Gasteiger partial charge on any atom is -0.497 e. The Morgan fingerprint density at radius 3 is 2.53 bits per heavy atom. The number of halogens is 1. The van der Waals surface area contributed by atoms with Crippen LogP contribution < -0.4 is 4.74 Å². The average Bonchev–Trinajstić information content (AvgIpc) is 2.30. The Morgan fingerprint density at radius 1 is 1.20 bits per heavy atom. The molecule has 0 spiro atoms. The monoisotopic (exact) mass is 264 g/mol. The third kappa shape index (κ3) is 2.15. The molecule has 0 amide bonds. The second-order valence-corrected chi connectivity index (χ2v) is 3.71. The van der Waals surface area contributed by atoms with Crippen molar-refractivity contribution in [2.75, 3.05) is 7.11 Å². The molecule has 2 rings (SSSR count). The van der Waals surface area contributed by atoms with Crippen molar-refractivity contribution in [2.45, 2.75) is 0 Å². The number of nitrogens with zero attached hydrogens (tertiary/aromatic N) is 2. The zero-order chi connectivity index (χ0) is 10.7. The van der Waals surface area contributed by atoms with E-state index in [1.54, 1.807) is 13.3 Å². The largest absolute Gasteiger partial charge is 0.497 e. The van der Waals surface area contributed by atoms with Crippen molar-refractivity contribution in [3.63, 3.8) is 0 Å². The number of rotatable bonds is 2. The van der Waals surface area contributed by atoms with Crippen LogP contribution in [0.25, 0.3) is 11.1 Å². The highest BCUT2D eigenvalue weighted by Crippen LogP contribution is 2.26. The van der Waals surface area contributed by atoms with Crippen LogP contribution in [-0.2, 0) is 0 Å². The van der Waals surface area contributed by atoms with Gasteiger partial charge in [-0.05, 0) is 33.6 Å². The van der Waals surface area contributed by atoms with E-state index in [2.05, 4.69) is 25.9 Å². The molecule has 0 unspecified atom stereocenters. The van der Waals surface area contributed by atoms with Gasteiger partial charge in [-0.25, -0.2) is 9.97 Å². The first-order valence-electron chi connectivity index (χ1n) is 4.41. The lowest BCUT2D eigenvalue weighted by molar-refractivity contribution is 0.415. The van der Waals surface area contributed by atoms with E-state index in [1.165, 1.54) is 6.33 Å². The summed E-state index contributed by atoms with van der Waals surface area (Å²) in [6.45, 7) is 0. The fourth-order valence-electron chi connectivity index (χ4n) is 1.28. The molecule has 2 aromatic rings. The molecule has 0 fully saturated rings. The molecule has 0 aliphatic heterocycles. The predicted molar refractivity (Wildman–Crippen MR) is 61.7 cm³/mol. The molecule has 0 atom stereocenters. The molecule has 15 heavy (non-hydrogen) atoms. The fourth-order valence-corrected chi connectivity index (χ4v) is 1.70. The van der Waals surface area contributed by atoms with Crippen LogP contribution in [0.1, 0.15) is 0 Å². The maximum absolute atomic E-state index is 5.09. The Kier molecular flexibility index (Phi) is 2.97. The van der Waals surface area contributed by atoms with Crippen LogP contribution in [0, 0.1) is 0 Å². The van der Waals surface area contributed by atoms with Gasteiger partial charge in [0.25, 0.3) is 0 Å². The first-order chi connectivity index (χ1) is 7.31. The number of benzene rings is 1. The standard InChI is InChI=1S/C11H9BrN2O/c1-15-9-4-2-8(3-5-9)10-6-13-7-14-11(10)12/h2-7H,1H3. The van der Waals surface area contributed by atoms with Gasteiger partial charge in [0.15, 0.2) is 0 Å². The van der Waals surface area contributed by atoms with Gasteiger partial charge in [0, 0.05) is 11.8 Å². The molecule has 0 aliphatic carbocycles. The van der Waals surface area contributed by atoms with Gasteiger partial charge in [-0.1, -0.05) is 12.1 Å². The highest BCUT2D eigenvalue weighted by molar-refractivity contribution is 9.10. The molecule has 4 heteroatoms. The molecule has 0 bridgehead atoms. The second kappa shape index (κ2) is 4.40. The van der Waals surface area contributed by atoms with E-state index < -0.39 is 0 Å². The van der Waals surface area contributed by atoms with Gasteiger partial charge >= 0.3 is 0 Å². The lowest BCUT2D eigenvalue weighted by atomic mass is 10.1. The van der Waals surface area contributed by atoms with Crippen molar-refractivity contribution in [3.8, 4) is 16.9 Å². The van der Waals surface area contributed by atoms with Crippen LogP contribution in [0.15, 0.2) is 41.4 Å². The van der Waals surface area contributed by atoms with Gasteiger partial charge in [0.1, 0.15) is 16.7 Å². The van der Waals surface area contributed by atoms with Crippen molar-refractivity contribution in [2.24, 2.45) is 0 Å². The lowest BCUT2D eigenvalue weighted by Gasteiger charge is -2.04. The Balaban J connectivity index is 2.42. The van der Waals surface area contributed by atoms with Crippen molar-refractivity contribution < 1.29 is 4.74 Å². The highest BCUT2D eigenvalue weighted by atomic mass is 79.9. The fraction of sp³-hybridized carbons (Fsp3) is 0.0909. The quantitative estimate of drug-likeness (QED) is 0.783. The van der Waals surface area contributed by atoms with Gasteiger partial charge in [-0.2, -0.15) is 0 Å². The predicted octanol–water partition coefficient (Wildman–Crippen LogP) is 2.91. The average molecular weight is 265 g/mol. The molecular formula is C11H9BrN2O. The van der Waals surface area contributed by atoms with E-state index >= 15 is 0 Å². The summed E-state index contributed by atoms with van der Waals surface area (Å²) in [5.41, 5.74) is 2.03. The summed E-state index contributed by atoms with van der Waals surface area (Å²) in [5, 5.41) is 0. The minimum absolute atomic E-state index is 0.794. The summed E-state index contributed by atoms with van der Waals surface area (Å²) in [6, 6.07) is 7.77. The van der Waals surface area contributed by atoms with Crippen molar-refractivity contribution in [1.29, 1.82) is 0 Å². The molecule has 0 saturated carbocycles. The van der Waals surface area contributed by atoms with E-state index in [9.17, 15) is 0 Å².